The van der Waals surface area contributed by atoms with Gasteiger partial charge in [-0.25, -0.2) is 4.39 Å². The Morgan fingerprint density at radius 1 is 1.31 bits per heavy atom. The summed E-state index contributed by atoms with van der Waals surface area (Å²) < 4.78 is 14.5. The fraction of sp³-hybridized carbons (Fsp3) is 0.364. The highest BCUT2D eigenvalue weighted by molar-refractivity contribution is 5.84. The van der Waals surface area contributed by atoms with Crippen LogP contribution in [0.15, 0.2) is 55.1 Å². The molecule has 26 heavy (non-hydrogen) atoms. The Labute approximate surface area is 153 Å². The minimum absolute atomic E-state index is 0.0283. The van der Waals surface area contributed by atoms with E-state index in [9.17, 15) is 19.6 Å². The molecule has 1 aromatic rings. The summed E-state index contributed by atoms with van der Waals surface area (Å²) in [7, 11) is 0. The molecule has 0 aromatic heterocycles. The summed E-state index contributed by atoms with van der Waals surface area (Å²) in [5.41, 5.74) is -0.203. The van der Waals surface area contributed by atoms with E-state index >= 15 is 0 Å². The number of benzene rings is 1. The van der Waals surface area contributed by atoms with Gasteiger partial charge in [-0.05, 0) is 49.2 Å². The molecule has 2 aliphatic carbocycles. The first-order valence-electron chi connectivity index (χ1n) is 8.95. The number of aliphatic carboxylic acids is 1. The number of carboxylic acids is 1. The standard InChI is InChI=1S/C22H22FNO2/c1-2-15-7-9-17(10-8-15)22(14-24)12-11-16(21(25)26)13-19(22)18-5-3-4-6-20(18)23/h2-6,11-13,15-17H,1,7-10H2,(H,25,26)/t15-,16?,17-,22?. The van der Waals surface area contributed by atoms with Gasteiger partial charge in [0.15, 0.2) is 0 Å². The van der Waals surface area contributed by atoms with Crippen LogP contribution >= 0.6 is 0 Å². The van der Waals surface area contributed by atoms with Crippen molar-refractivity contribution >= 4 is 11.5 Å². The predicted molar refractivity (Wildman–Crippen MR) is 98.3 cm³/mol. The van der Waals surface area contributed by atoms with E-state index < -0.39 is 23.1 Å². The van der Waals surface area contributed by atoms with E-state index in [-0.39, 0.29) is 5.92 Å². The van der Waals surface area contributed by atoms with Gasteiger partial charge in [0, 0.05) is 5.56 Å². The van der Waals surface area contributed by atoms with Crippen molar-refractivity contribution in [2.45, 2.75) is 25.7 Å². The topological polar surface area (TPSA) is 61.1 Å². The van der Waals surface area contributed by atoms with Crippen LogP contribution in [0.25, 0.3) is 5.57 Å². The first-order chi connectivity index (χ1) is 12.5. The highest BCUT2D eigenvalue weighted by Crippen LogP contribution is 2.51. The number of hydrogen-bond acceptors (Lipinski definition) is 2. The van der Waals surface area contributed by atoms with Gasteiger partial charge in [0.1, 0.15) is 11.2 Å². The summed E-state index contributed by atoms with van der Waals surface area (Å²) in [4.78, 5) is 11.5. The Kier molecular flexibility index (Phi) is 5.08. The number of rotatable bonds is 4. The van der Waals surface area contributed by atoms with E-state index in [2.05, 4.69) is 12.6 Å². The molecule has 0 saturated heterocycles. The van der Waals surface area contributed by atoms with Crippen LogP contribution in [0, 0.1) is 40.3 Å². The third-order valence-corrected chi connectivity index (χ3v) is 5.74. The molecule has 0 amide bonds. The molecule has 3 rings (SSSR count). The first-order valence-corrected chi connectivity index (χ1v) is 8.95. The third-order valence-electron chi connectivity index (χ3n) is 5.74. The van der Waals surface area contributed by atoms with E-state index in [0.29, 0.717) is 17.1 Å². The average molecular weight is 351 g/mol. The van der Waals surface area contributed by atoms with Crippen LogP contribution in [0.3, 0.4) is 0 Å². The lowest BCUT2D eigenvalue weighted by molar-refractivity contribution is -0.138. The Bertz CT molecular complexity index is 812. The summed E-state index contributed by atoms with van der Waals surface area (Å²) in [5.74, 6) is -1.81. The molecule has 1 aromatic carbocycles. The van der Waals surface area contributed by atoms with Gasteiger partial charge in [-0.2, -0.15) is 5.26 Å². The number of carboxylic acid groups (broad SMARTS) is 1. The Morgan fingerprint density at radius 3 is 2.58 bits per heavy atom. The molecule has 4 heteroatoms. The van der Waals surface area contributed by atoms with Gasteiger partial charge in [-0.15, -0.1) is 6.58 Å². The maximum Gasteiger partial charge on any atom is 0.314 e. The average Bonchev–Trinajstić information content (AvgIpc) is 2.68. The number of carbonyl (C=O) groups is 1. The monoisotopic (exact) mass is 351 g/mol. The molecule has 1 N–H and O–H groups in total. The van der Waals surface area contributed by atoms with Crippen LogP contribution in [0.5, 0.6) is 0 Å². The molecule has 2 unspecified atom stereocenters. The molecule has 134 valence electrons. The van der Waals surface area contributed by atoms with Gasteiger partial charge in [0.05, 0.1) is 12.0 Å². The zero-order valence-electron chi connectivity index (χ0n) is 14.6. The first kappa shape index (κ1) is 18.1. The normalized spacial score (nSPS) is 30.9. The van der Waals surface area contributed by atoms with Crippen molar-refractivity contribution in [1.82, 2.24) is 0 Å². The molecular formula is C22H22FNO2. The molecule has 0 spiro atoms. The van der Waals surface area contributed by atoms with Crippen LogP contribution in [-0.2, 0) is 4.79 Å². The number of nitriles is 1. The number of allylic oxidation sites excluding steroid dienone is 3. The summed E-state index contributed by atoms with van der Waals surface area (Å²) in [5, 5.41) is 19.5. The molecule has 1 fully saturated rings. The van der Waals surface area contributed by atoms with Gasteiger partial charge in [0.25, 0.3) is 0 Å². The van der Waals surface area contributed by atoms with Gasteiger partial charge >= 0.3 is 5.97 Å². The van der Waals surface area contributed by atoms with Crippen LogP contribution in [0.1, 0.15) is 31.2 Å². The maximum atomic E-state index is 14.5. The number of nitrogens with zero attached hydrogens (tertiary/aromatic N) is 1. The molecule has 1 saturated carbocycles. The SMILES string of the molecule is C=C[C@H]1CC[C@H](C2(C#N)C=CC(C(=O)O)C=C2c2ccccc2F)CC1. The van der Waals surface area contributed by atoms with Crippen LogP contribution < -0.4 is 0 Å². The summed E-state index contributed by atoms with van der Waals surface area (Å²) >= 11 is 0. The van der Waals surface area contributed by atoms with E-state index in [1.54, 1.807) is 36.4 Å². The van der Waals surface area contributed by atoms with E-state index in [1.165, 1.54) is 6.07 Å². The molecule has 0 heterocycles. The highest BCUT2D eigenvalue weighted by atomic mass is 19.1. The van der Waals surface area contributed by atoms with E-state index in [4.69, 9.17) is 0 Å². The summed E-state index contributed by atoms with van der Waals surface area (Å²) in [6.07, 6.45) is 10.3. The highest BCUT2D eigenvalue weighted by Gasteiger charge is 2.45. The van der Waals surface area contributed by atoms with Crippen LogP contribution in [0.4, 0.5) is 4.39 Å². The van der Waals surface area contributed by atoms with Crippen molar-refractivity contribution in [1.29, 1.82) is 5.26 Å². The predicted octanol–water partition coefficient (Wildman–Crippen LogP) is 4.98. The van der Waals surface area contributed by atoms with Crippen molar-refractivity contribution < 1.29 is 14.3 Å². The second-order valence-electron chi connectivity index (χ2n) is 7.11. The maximum absolute atomic E-state index is 14.5. The lowest BCUT2D eigenvalue weighted by Crippen LogP contribution is -2.34. The number of halogens is 1. The molecule has 0 radical (unpaired) electrons. The lowest BCUT2D eigenvalue weighted by Gasteiger charge is -2.41. The Balaban J connectivity index is 2.08. The van der Waals surface area contributed by atoms with Gasteiger partial charge in [0.2, 0.25) is 0 Å². The van der Waals surface area contributed by atoms with Crippen molar-refractivity contribution in [3.05, 3.63) is 66.5 Å². The van der Waals surface area contributed by atoms with Crippen molar-refractivity contribution in [2.24, 2.45) is 23.2 Å². The Morgan fingerprint density at radius 2 is 2.00 bits per heavy atom. The van der Waals surface area contributed by atoms with Crippen molar-refractivity contribution in [2.75, 3.05) is 0 Å². The zero-order valence-corrected chi connectivity index (χ0v) is 14.6. The molecule has 3 nitrogen and oxygen atoms in total. The second-order valence-corrected chi connectivity index (χ2v) is 7.11. The molecule has 2 aliphatic rings. The smallest absolute Gasteiger partial charge is 0.314 e. The Hall–Kier alpha value is -2.67. The fourth-order valence-corrected chi connectivity index (χ4v) is 4.22. The number of hydrogen-bond donors (Lipinski definition) is 1. The fourth-order valence-electron chi connectivity index (χ4n) is 4.22. The zero-order chi connectivity index (χ0) is 18.7. The molecule has 0 aliphatic heterocycles. The van der Waals surface area contributed by atoms with Crippen molar-refractivity contribution in [3.63, 3.8) is 0 Å². The quantitative estimate of drug-likeness (QED) is 0.778. The molecular weight excluding hydrogens is 329 g/mol. The van der Waals surface area contributed by atoms with E-state index in [1.807, 2.05) is 6.08 Å². The minimum Gasteiger partial charge on any atom is -0.481 e. The molecule has 0 bridgehead atoms. The summed E-state index contributed by atoms with van der Waals surface area (Å²) in [6, 6.07) is 8.69. The van der Waals surface area contributed by atoms with Crippen LogP contribution in [-0.4, -0.2) is 11.1 Å². The van der Waals surface area contributed by atoms with Gasteiger partial charge in [-0.3, -0.25) is 4.79 Å². The molecule has 2 atom stereocenters. The largest absolute Gasteiger partial charge is 0.481 e. The minimum atomic E-state index is -1.00. The second kappa shape index (κ2) is 7.29. The van der Waals surface area contributed by atoms with Crippen LogP contribution in [0.2, 0.25) is 0 Å². The lowest BCUT2D eigenvalue weighted by atomic mass is 9.60. The van der Waals surface area contributed by atoms with Crippen molar-refractivity contribution in [3.8, 4) is 6.07 Å². The third kappa shape index (κ3) is 3.10. The van der Waals surface area contributed by atoms with E-state index in [0.717, 1.165) is 25.7 Å². The van der Waals surface area contributed by atoms with Gasteiger partial charge < -0.3 is 5.11 Å². The summed E-state index contributed by atoms with van der Waals surface area (Å²) in [6.45, 7) is 3.86. The van der Waals surface area contributed by atoms with Gasteiger partial charge in [-0.1, -0.05) is 42.5 Å².